The smallest absolute Gasteiger partial charge is 0.221 e. The molecule has 1 aliphatic heterocycles. The lowest BCUT2D eigenvalue weighted by atomic mass is 9.96. The summed E-state index contributed by atoms with van der Waals surface area (Å²) in [5.74, 6) is 1.59. The van der Waals surface area contributed by atoms with E-state index in [1.165, 1.54) is 5.56 Å². The normalized spacial score (nSPS) is 15.7. The van der Waals surface area contributed by atoms with Crippen LogP contribution in [0.3, 0.4) is 0 Å². The summed E-state index contributed by atoms with van der Waals surface area (Å²) in [5.41, 5.74) is 1.32. The highest BCUT2D eigenvalue weighted by Gasteiger charge is 2.19. The number of likely N-dealkylation sites (tertiary alicyclic amines) is 1. The van der Waals surface area contributed by atoms with Crippen molar-refractivity contribution in [1.82, 2.24) is 20.0 Å². The lowest BCUT2D eigenvalue weighted by molar-refractivity contribution is -0.121. The number of nitrogens with zero attached hydrogens (tertiary/aromatic N) is 3. The molecule has 1 fully saturated rings. The lowest BCUT2D eigenvalue weighted by Gasteiger charge is -2.32. The highest BCUT2D eigenvalue weighted by Crippen LogP contribution is 2.19. The molecule has 0 bridgehead atoms. The number of hydrogen-bond donors (Lipinski definition) is 1. The third kappa shape index (κ3) is 5.59. The van der Waals surface area contributed by atoms with Gasteiger partial charge < -0.3 is 10.1 Å². The Bertz CT molecular complexity index is 662. The van der Waals surface area contributed by atoms with E-state index in [0.717, 1.165) is 44.8 Å². The summed E-state index contributed by atoms with van der Waals surface area (Å²) in [6, 6.07) is 10.2. The third-order valence-electron chi connectivity index (χ3n) is 4.99. The first kappa shape index (κ1) is 18.5. The highest BCUT2D eigenvalue weighted by atomic mass is 16.5. The van der Waals surface area contributed by atoms with Crippen LogP contribution in [-0.2, 0) is 17.9 Å². The molecule has 1 amide bonds. The minimum absolute atomic E-state index is 0.112. The van der Waals surface area contributed by atoms with Crippen LogP contribution in [0.5, 0.6) is 5.75 Å². The number of carbonyl (C=O) groups is 1. The number of piperidine rings is 1. The van der Waals surface area contributed by atoms with Gasteiger partial charge >= 0.3 is 0 Å². The van der Waals surface area contributed by atoms with E-state index in [0.29, 0.717) is 18.9 Å². The second-order valence-corrected chi connectivity index (χ2v) is 6.89. The van der Waals surface area contributed by atoms with Crippen molar-refractivity contribution in [3.8, 4) is 5.75 Å². The van der Waals surface area contributed by atoms with Gasteiger partial charge in [0, 0.05) is 38.4 Å². The molecule has 26 heavy (non-hydrogen) atoms. The number of hydrogen-bond acceptors (Lipinski definition) is 4. The van der Waals surface area contributed by atoms with Crippen LogP contribution in [0.15, 0.2) is 42.7 Å². The largest absolute Gasteiger partial charge is 0.497 e. The molecule has 2 aromatic rings. The summed E-state index contributed by atoms with van der Waals surface area (Å²) in [6.07, 6.45) is 6.37. The zero-order valence-corrected chi connectivity index (χ0v) is 15.4. The molecule has 0 unspecified atom stereocenters. The van der Waals surface area contributed by atoms with Gasteiger partial charge in [-0.3, -0.25) is 14.4 Å². The molecule has 6 nitrogen and oxygen atoms in total. The molecule has 0 radical (unpaired) electrons. The quantitative estimate of drug-likeness (QED) is 0.789. The van der Waals surface area contributed by atoms with E-state index in [1.54, 1.807) is 18.0 Å². The zero-order valence-electron chi connectivity index (χ0n) is 15.4. The Morgan fingerprint density at radius 1 is 1.27 bits per heavy atom. The average Bonchev–Trinajstić information content (AvgIpc) is 3.20. The summed E-state index contributed by atoms with van der Waals surface area (Å²) in [4.78, 5) is 14.4. The average molecular weight is 356 g/mol. The van der Waals surface area contributed by atoms with Crippen molar-refractivity contribution in [2.75, 3.05) is 26.7 Å². The molecule has 1 aromatic carbocycles. The second-order valence-electron chi connectivity index (χ2n) is 6.89. The van der Waals surface area contributed by atoms with Gasteiger partial charge in [-0.15, -0.1) is 0 Å². The highest BCUT2D eigenvalue weighted by molar-refractivity contribution is 5.75. The first-order valence-electron chi connectivity index (χ1n) is 9.32. The Morgan fingerprint density at radius 3 is 2.69 bits per heavy atom. The monoisotopic (exact) mass is 356 g/mol. The molecule has 1 aliphatic rings. The van der Waals surface area contributed by atoms with Gasteiger partial charge in [-0.1, -0.05) is 12.1 Å². The van der Waals surface area contributed by atoms with Crippen molar-refractivity contribution in [2.24, 2.45) is 5.92 Å². The van der Waals surface area contributed by atoms with Gasteiger partial charge in [0.25, 0.3) is 0 Å². The molecule has 1 aromatic heterocycles. The Balaban J connectivity index is 1.32. The van der Waals surface area contributed by atoms with Gasteiger partial charge in [-0.25, -0.2) is 0 Å². The Kier molecular flexibility index (Phi) is 6.66. The first-order valence-corrected chi connectivity index (χ1v) is 9.32. The van der Waals surface area contributed by atoms with E-state index < -0.39 is 0 Å². The van der Waals surface area contributed by atoms with Crippen LogP contribution >= 0.6 is 0 Å². The van der Waals surface area contributed by atoms with E-state index in [9.17, 15) is 4.79 Å². The molecular formula is C20H28N4O2. The van der Waals surface area contributed by atoms with E-state index in [2.05, 4.69) is 27.4 Å². The van der Waals surface area contributed by atoms with E-state index in [1.807, 2.05) is 24.4 Å². The second kappa shape index (κ2) is 9.38. The number of methoxy groups -OCH3 is 1. The number of aromatic nitrogens is 2. The predicted octanol–water partition coefficient (Wildman–Crippen LogP) is 2.31. The number of aryl methyl sites for hydroxylation is 1. The summed E-state index contributed by atoms with van der Waals surface area (Å²) in [5, 5.41) is 7.19. The van der Waals surface area contributed by atoms with Gasteiger partial charge in [0.05, 0.1) is 7.11 Å². The Morgan fingerprint density at radius 2 is 2.04 bits per heavy atom. The van der Waals surface area contributed by atoms with Crippen molar-refractivity contribution in [1.29, 1.82) is 0 Å². The maximum atomic E-state index is 12.0. The van der Waals surface area contributed by atoms with E-state index >= 15 is 0 Å². The topological polar surface area (TPSA) is 59.4 Å². The predicted molar refractivity (Wildman–Crippen MR) is 101 cm³/mol. The SMILES string of the molecule is COc1ccc(CN2CCC(CNC(=O)CCn3cccn3)CC2)cc1. The lowest BCUT2D eigenvalue weighted by Crippen LogP contribution is -2.38. The van der Waals surface area contributed by atoms with Crippen molar-refractivity contribution in [2.45, 2.75) is 32.4 Å². The summed E-state index contributed by atoms with van der Waals surface area (Å²) in [6.45, 7) is 4.57. The minimum atomic E-state index is 0.112. The molecule has 0 aliphatic carbocycles. The van der Waals surface area contributed by atoms with Crippen LogP contribution in [0, 0.1) is 5.92 Å². The zero-order chi connectivity index (χ0) is 18.2. The van der Waals surface area contributed by atoms with Crippen LogP contribution in [-0.4, -0.2) is 47.3 Å². The van der Waals surface area contributed by atoms with Crippen LogP contribution < -0.4 is 10.1 Å². The maximum Gasteiger partial charge on any atom is 0.221 e. The molecule has 1 N–H and O–H groups in total. The Hall–Kier alpha value is -2.34. The molecular weight excluding hydrogens is 328 g/mol. The third-order valence-corrected chi connectivity index (χ3v) is 4.99. The minimum Gasteiger partial charge on any atom is -0.497 e. The Labute approximate surface area is 155 Å². The number of benzene rings is 1. The van der Waals surface area contributed by atoms with Gasteiger partial charge in [0.1, 0.15) is 5.75 Å². The summed E-state index contributed by atoms with van der Waals surface area (Å²) >= 11 is 0. The molecule has 140 valence electrons. The number of rotatable bonds is 8. The van der Waals surface area contributed by atoms with Gasteiger partial charge in [-0.05, 0) is 55.6 Å². The summed E-state index contributed by atoms with van der Waals surface area (Å²) in [7, 11) is 1.69. The summed E-state index contributed by atoms with van der Waals surface area (Å²) < 4.78 is 6.99. The van der Waals surface area contributed by atoms with Crippen LogP contribution in [0.4, 0.5) is 0 Å². The molecule has 0 spiro atoms. The fourth-order valence-electron chi connectivity index (χ4n) is 3.33. The number of carbonyl (C=O) groups excluding carboxylic acids is 1. The first-order chi connectivity index (χ1) is 12.7. The van der Waals surface area contributed by atoms with Crippen molar-refractivity contribution >= 4 is 5.91 Å². The molecule has 0 saturated carbocycles. The van der Waals surface area contributed by atoms with Gasteiger partial charge in [0.15, 0.2) is 0 Å². The molecule has 2 heterocycles. The van der Waals surface area contributed by atoms with E-state index in [4.69, 9.17) is 4.74 Å². The fourth-order valence-corrected chi connectivity index (χ4v) is 3.33. The number of amides is 1. The van der Waals surface area contributed by atoms with Crippen molar-refractivity contribution in [3.63, 3.8) is 0 Å². The van der Waals surface area contributed by atoms with Gasteiger partial charge in [0.2, 0.25) is 5.91 Å². The van der Waals surface area contributed by atoms with Gasteiger partial charge in [-0.2, -0.15) is 5.10 Å². The van der Waals surface area contributed by atoms with Crippen LogP contribution in [0.25, 0.3) is 0 Å². The number of nitrogens with one attached hydrogen (secondary N) is 1. The molecule has 6 heteroatoms. The molecule has 1 saturated heterocycles. The number of ether oxygens (including phenoxy) is 1. The van der Waals surface area contributed by atoms with E-state index in [-0.39, 0.29) is 5.91 Å². The standard InChI is InChI=1S/C20H28N4O2/c1-26-19-5-3-18(4-6-19)16-23-12-7-17(8-13-23)15-21-20(25)9-14-24-11-2-10-22-24/h2-6,10-11,17H,7-9,12-16H2,1H3,(H,21,25). The molecule has 3 rings (SSSR count). The fraction of sp³-hybridized carbons (Fsp3) is 0.500. The van der Waals surface area contributed by atoms with Crippen molar-refractivity contribution < 1.29 is 9.53 Å². The van der Waals surface area contributed by atoms with Crippen LogP contribution in [0.1, 0.15) is 24.8 Å². The van der Waals surface area contributed by atoms with Crippen LogP contribution in [0.2, 0.25) is 0 Å². The molecule has 0 atom stereocenters. The maximum absolute atomic E-state index is 12.0. The van der Waals surface area contributed by atoms with Crippen molar-refractivity contribution in [3.05, 3.63) is 48.3 Å².